The second kappa shape index (κ2) is 12.9. The highest BCUT2D eigenvalue weighted by atomic mass is 16.5. The molecule has 9 heteroatoms. The summed E-state index contributed by atoms with van der Waals surface area (Å²) in [5, 5.41) is 2.98. The van der Waals surface area contributed by atoms with Crippen molar-refractivity contribution in [1.82, 2.24) is 15.1 Å². The number of rotatable bonds is 11. The number of carbonyl (C=O) groups excluding carboxylic acids is 2. The molecule has 1 fully saturated rings. The Morgan fingerprint density at radius 1 is 0.743 bits per heavy atom. The minimum Gasteiger partial charge on any atom is -0.493 e. The minimum absolute atomic E-state index is 0.0408. The number of ether oxygens (including phenoxy) is 4. The monoisotopic (exact) mass is 485 g/mol. The first-order chi connectivity index (χ1) is 17.0. The standard InChI is InChI=1S/C26H35N3O6/c1-32-21-7-5-19(15-23(21)34-3)17-25(30)27-9-10-28-11-13-29(14-12-28)26(31)18-20-6-8-22(33-2)24(16-20)35-4/h5-8,15-16H,9-14,17-18H2,1-4H3,(H,27,30). The summed E-state index contributed by atoms with van der Waals surface area (Å²) in [6.45, 7) is 4.21. The molecule has 0 aromatic heterocycles. The molecule has 0 bridgehead atoms. The molecule has 1 N–H and O–H groups in total. The maximum atomic E-state index is 12.8. The van der Waals surface area contributed by atoms with Crippen molar-refractivity contribution in [2.24, 2.45) is 0 Å². The first kappa shape index (κ1) is 26.2. The second-order valence-corrected chi connectivity index (χ2v) is 8.30. The largest absolute Gasteiger partial charge is 0.493 e. The average Bonchev–Trinajstić information content (AvgIpc) is 2.88. The van der Waals surface area contributed by atoms with E-state index in [1.165, 1.54) is 0 Å². The number of piperazine rings is 1. The summed E-state index contributed by atoms with van der Waals surface area (Å²) >= 11 is 0. The summed E-state index contributed by atoms with van der Waals surface area (Å²) in [7, 11) is 6.33. The van der Waals surface area contributed by atoms with Gasteiger partial charge < -0.3 is 29.2 Å². The molecule has 0 saturated carbocycles. The number of hydrogen-bond acceptors (Lipinski definition) is 7. The summed E-state index contributed by atoms with van der Waals surface area (Å²) in [6.07, 6.45) is 0.603. The molecule has 0 unspecified atom stereocenters. The Bertz CT molecular complexity index is 1000. The molecule has 0 spiro atoms. The van der Waals surface area contributed by atoms with Gasteiger partial charge in [0.2, 0.25) is 11.8 Å². The zero-order chi connectivity index (χ0) is 25.2. The van der Waals surface area contributed by atoms with Crippen LogP contribution in [-0.2, 0) is 22.4 Å². The maximum Gasteiger partial charge on any atom is 0.227 e. The highest BCUT2D eigenvalue weighted by molar-refractivity contribution is 5.79. The van der Waals surface area contributed by atoms with Gasteiger partial charge in [0, 0.05) is 39.3 Å². The third-order valence-electron chi connectivity index (χ3n) is 6.09. The number of nitrogens with zero attached hydrogens (tertiary/aromatic N) is 2. The lowest BCUT2D eigenvalue weighted by atomic mass is 10.1. The summed E-state index contributed by atoms with van der Waals surface area (Å²) in [5.74, 6) is 2.57. The Labute approximate surface area is 206 Å². The van der Waals surface area contributed by atoms with Crippen molar-refractivity contribution in [3.05, 3.63) is 47.5 Å². The molecular weight excluding hydrogens is 450 g/mol. The van der Waals surface area contributed by atoms with Gasteiger partial charge in [-0.15, -0.1) is 0 Å². The lowest BCUT2D eigenvalue weighted by molar-refractivity contribution is -0.132. The molecule has 0 radical (unpaired) electrons. The molecule has 1 aliphatic heterocycles. The van der Waals surface area contributed by atoms with Crippen molar-refractivity contribution >= 4 is 11.8 Å². The predicted octanol–water partition coefficient (Wildman–Crippen LogP) is 1.77. The third-order valence-corrected chi connectivity index (χ3v) is 6.09. The van der Waals surface area contributed by atoms with Crippen LogP contribution in [0.2, 0.25) is 0 Å². The molecule has 9 nitrogen and oxygen atoms in total. The van der Waals surface area contributed by atoms with Crippen LogP contribution < -0.4 is 24.3 Å². The van der Waals surface area contributed by atoms with Crippen molar-refractivity contribution in [2.75, 3.05) is 67.7 Å². The lowest BCUT2D eigenvalue weighted by Crippen LogP contribution is -2.50. The molecule has 1 aliphatic rings. The van der Waals surface area contributed by atoms with Crippen LogP contribution in [0.3, 0.4) is 0 Å². The Balaban J connectivity index is 1.38. The second-order valence-electron chi connectivity index (χ2n) is 8.30. The molecule has 190 valence electrons. The zero-order valence-corrected chi connectivity index (χ0v) is 21.0. The van der Waals surface area contributed by atoms with Crippen LogP contribution in [0.4, 0.5) is 0 Å². The normalized spacial score (nSPS) is 13.8. The van der Waals surface area contributed by atoms with Crippen molar-refractivity contribution in [1.29, 1.82) is 0 Å². The predicted molar refractivity (Wildman–Crippen MR) is 133 cm³/mol. The van der Waals surface area contributed by atoms with E-state index >= 15 is 0 Å². The minimum atomic E-state index is -0.0408. The summed E-state index contributed by atoms with van der Waals surface area (Å²) in [6, 6.07) is 11.0. The summed E-state index contributed by atoms with van der Waals surface area (Å²) in [5.41, 5.74) is 1.76. The van der Waals surface area contributed by atoms with Crippen LogP contribution >= 0.6 is 0 Å². The third kappa shape index (κ3) is 7.26. The Morgan fingerprint density at radius 3 is 1.77 bits per heavy atom. The van der Waals surface area contributed by atoms with Gasteiger partial charge >= 0.3 is 0 Å². The van der Waals surface area contributed by atoms with Gasteiger partial charge in [0.1, 0.15) is 0 Å². The van der Waals surface area contributed by atoms with Gasteiger partial charge in [0.05, 0.1) is 41.3 Å². The molecular formula is C26H35N3O6. The number of methoxy groups -OCH3 is 4. The summed E-state index contributed by atoms with van der Waals surface area (Å²) < 4.78 is 21.1. The Hall–Kier alpha value is -3.46. The highest BCUT2D eigenvalue weighted by Crippen LogP contribution is 2.28. The van der Waals surface area contributed by atoms with E-state index in [1.54, 1.807) is 34.5 Å². The van der Waals surface area contributed by atoms with E-state index in [4.69, 9.17) is 18.9 Å². The fourth-order valence-corrected chi connectivity index (χ4v) is 4.09. The molecule has 1 saturated heterocycles. The molecule has 0 aliphatic carbocycles. The topological polar surface area (TPSA) is 89.6 Å². The molecule has 35 heavy (non-hydrogen) atoms. The quantitative estimate of drug-likeness (QED) is 0.519. The maximum absolute atomic E-state index is 12.8. The van der Waals surface area contributed by atoms with E-state index in [1.807, 2.05) is 35.2 Å². The molecule has 2 amide bonds. The van der Waals surface area contributed by atoms with Crippen LogP contribution in [0.25, 0.3) is 0 Å². The van der Waals surface area contributed by atoms with Gasteiger partial charge in [-0.25, -0.2) is 0 Å². The van der Waals surface area contributed by atoms with Gasteiger partial charge in [-0.05, 0) is 35.4 Å². The van der Waals surface area contributed by atoms with E-state index in [0.29, 0.717) is 49.1 Å². The number of benzene rings is 2. The van der Waals surface area contributed by atoms with Gasteiger partial charge in [0.25, 0.3) is 0 Å². The van der Waals surface area contributed by atoms with Crippen molar-refractivity contribution in [3.63, 3.8) is 0 Å². The van der Waals surface area contributed by atoms with Gasteiger partial charge in [-0.2, -0.15) is 0 Å². The molecule has 2 aromatic rings. The van der Waals surface area contributed by atoms with E-state index in [2.05, 4.69) is 10.2 Å². The SMILES string of the molecule is COc1ccc(CC(=O)NCCN2CCN(C(=O)Cc3ccc(OC)c(OC)c3)CC2)cc1OC. The van der Waals surface area contributed by atoms with Crippen molar-refractivity contribution in [3.8, 4) is 23.0 Å². The van der Waals surface area contributed by atoms with Crippen LogP contribution in [-0.4, -0.2) is 89.3 Å². The number of hydrogen-bond donors (Lipinski definition) is 1. The molecule has 0 atom stereocenters. The smallest absolute Gasteiger partial charge is 0.227 e. The fourth-order valence-electron chi connectivity index (χ4n) is 4.09. The van der Waals surface area contributed by atoms with E-state index in [9.17, 15) is 9.59 Å². The zero-order valence-electron chi connectivity index (χ0n) is 21.0. The Morgan fingerprint density at radius 2 is 1.26 bits per heavy atom. The van der Waals surface area contributed by atoms with Gasteiger partial charge in [-0.1, -0.05) is 12.1 Å². The lowest BCUT2D eigenvalue weighted by Gasteiger charge is -2.34. The number of nitrogens with one attached hydrogen (secondary N) is 1. The van der Waals surface area contributed by atoms with Gasteiger partial charge in [-0.3, -0.25) is 14.5 Å². The average molecular weight is 486 g/mol. The van der Waals surface area contributed by atoms with Crippen LogP contribution in [0.1, 0.15) is 11.1 Å². The van der Waals surface area contributed by atoms with Crippen LogP contribution in [0.5, 0.6) is 23.0 Å². The van der Waals surface area contributed by atoms with Crippen molar-refractivity contribution < 1.29 is 28.5 Å². The van der Waals surface area contributed by atoms with E-state index < -0.39 is 0 Å². The first-order valence-corrected chi connectivity index (χ1v) is 11.7. The molecule has 2 aromatic carbocycles. The highest BCUT2D eigenvalue weighted by Gasteiger charge is 2.21. The first-order valence-electron chi connectivity index (χ1n) is 11.7. The van der Waals surface area contributed by atoms with Crippen LogP contribution in [0, 0.1) is 0 Å². The fraction of sp³-hybridized carbons (Fsp3) is 0.462. The summed E-state index contributed by atoms with van der Waals surface area (Å²) in [4.78, 5) is 29.2. The molecule has 1 heterocycles. The number of amides is 2. The van der Waals surface area contributed by atoms with Crippen LogP contribution in [0.15, 0.2) is 36.4 Å². The van der Waals surface area contributed by atoms with Crippen molar-refractivity contribution in [2.45, 2.75) is 12.8 Å². The Kier molecular flexibility index (Phi) is 9.60. The van der Waals surface area contributed by atoms with E-state index in [-0.39, 0.29) is 18.2 Å². The van der Waals surface area contributed by atoms with Gasteiger partial charge in [0.15, 0.2) is 23.0 Å². The molecule has 3 rings (SSSR count). The van der Waals surface area contributed by atoms with E-state index in [0.717, 1.165) is 30.8 Å². The number of carbonyl (C=O) groups is 2.